The molecule has 0 heterocycles. The zero-order chi connectivity index (χ0) is 12.3. The number of benzene rings is 1. The van der Waals surface area contributed by atoms with Crippen LogP contribution in [0.2, 0.25) is 0 Å². The van der Waals surface area contributed by atoms with Crippen LogP contribution < -0.4 is 5.32 Å². The molecule has 0 bridgehead atoms. The van der Waals surface area contributed by atoms with E-state index in [4.69, 9.17) is 0 Å². The van der Waals surface area contributed by atoms with Gasteiger partial charge in [-0.25, -0.2) is 0 Å². The van der Waals surface area contributed by atoms with Crippen LogP contribution in [-0.4, -0.2) is 5.91 Å². The van der Waals surface area contributed by atoms with Crippen molar-refractivity contribution in [3.63, 3.8) is 0 Å². The molecule has 0 radical (unpaired) electrons. The van der Waals surface area contributed by atoms with E-state index in [1.54, 1.807) is 0 Å². The lowest BCUT2D eigenvalue weighted by Gasteiger charge is -2.19. The first kappa shape index (κ1) is 12.2. The minimum absolute atomic E-state index is 0.120. The van der Waals surface area contributed by atoms with E-state index < -0.39 is 0 Å². The van der Waals surface area contributed by atoms with Crippen LogP contribution in [0.1, 0.15) is 55.8 Å². The van der Waals surface area contributed by atoms with Crippen molar-refractivity contribution < 1.29 is 4.79 Å². The van der Waals surface area contributed by atoms with E-state index in [1.165, 1.54) is 42.4 Å². The normalized spacial score (nSPS) is 16.1. The van der Waals surface area contributed by atoms with E-state index in [2.05, 4.69) is 30.4 Å². The molecule has 1 aromatic carbocycles. The van der Waals surface area contributed by atoms with Gasteiger partial charge < -0.3 is 5.32 Å². The topological polar surface area (TPSA) is 29.1 Å². The molecule has 1 aliphatic carbocycles. The van der Waals surface area contributed by atoms with Gasteiger partial charge in [-0.3, -0.25) is 4.79 Å². The Bertz CT molecular complexity index is 411. The number of fused-ring (bicyclic) bond motifs is 1. The summed E-state index contributed by atoms with van der Waals surface area (Å²) in [7, 11) is 0. The number of carbonyl (C=O) groups excluding carboxylic acids is 1. The van der Waals surface area contributed by atoms with E-state index in [1.807, 2.05) is 6.92 Å². The zero-order valence-electron chi connectivity index (χ0n) is 10.8. The molecule has 0 spiro atoms. The van der Waals surface area contributed by atoms with Gasteiger partial charge in [0.05, 0.1) is 6.04 Å². The van der Waals surface area contributed by atoms with Gasteiger partial charge in [0, 0.05) is 6.42 Å². The average Bonchev–Trinajstić information content (AvgIpc) is 2.38. The molecule has 1 aromatic rings. The van der Waals surface area contributed by atoms with Crippen LogP contribution in [0, 0.1) is 0 Å². The Balaban J connectivity index is 2.13. The summed E-state index contributed by atoms with van der Waals surface area (Å²) in [5.74, 6) is 0.121. The summed E-state index contributed by atoms with van der Waals surface area (Å²) in [6.45, 7) is 3.94. The Hall–Kier alpha value is -1.31. The monoisotopic (exact) mass is 231 g/mol. The highest BCUT2D eigenvalue weighted by Crippen LogP contribution is 2.24. The molecule has 1 N–H and O–H groups in total. The number of nitrogens with one attached hydrogen (secondary N) is 1. The molecule has 1 atom stereocenters. The lowest BCUT2D eigenvalue weighted by atomic mass is 9.89. The number of hydrogen-bond donors (Lipinski definition) is 1. The van der Waals surface area contributed by atoms with Gasteiger partial charge in [-0.2, -0.15) is 0 Å². The average molecular weight is 231 g/mol. The van der Waals surface area contributed by atoms with Crippen molar-refractivity contribution in [3.05, 3.63) is 34.9 Å². The third-order valence-electron chi connectivity index (χ3n) is 3.57. The highest BCUT2D eigenvalue weighted by Gasteiger charge is 2.13. The van der Waals surface area contributed by atoms with E-state index >= 15 is 0 Å². The minimum atomic E-state index is 0.120. The molecule has 0 unspecified atom stereocenters. The second-order valence-electron chi connectivity index (χ2n) is 4.88. The van der Waals surface area contributed by atoms with Crippen molar-refractivity contribution in [3.8, 4) is 0 Å². The molecular weight excluding hydrogens is 210 g/mol. The SMILES string of the molecule is CCC(=O)N[C@H](C)c1ccc2c(c1)CCCC2. The second-order valence-corrected chi connectivity index (χ2v) is 4.88. The van der Waals surface area contributed by atoms with Gasteiger partial charge in [-0.05, 0) is 49.3 Å². The molecule has 0 aliphatic heterocycles. The third-order valence-corrected chi connectivity index (χ3v) is 3.57. The van der Waals surface area contributed by atoms with Crippen LogP contribution in [0.5, 0.6) is 0 Å². The fourth-order valence-corrected chi connectivity index (χ4v) is 2.45. The largest absolute Gasteiger partial charge is 0.350 e. The number of rotatable bonds is 3. The van der Waals surface area contributed by atoms with Gasteiger partial charge in [-0.15, -0.1) is 0 Å². The summed E-state index contributed by atoms with van der Waals surface area (Å²) in [5.41, 5.74) is 4.20. The lowest BCUT2D eigenvalue weighted by Crippen LogP contribution is -2.25. The number of amides is 1. The number of hydrogen-bond acceptors (Lipinski definition) is 1. The van der Waals surface area contributed by atoms with Gasteiger partial charge in [0.15, 0.2) is 0 Å². The first-order valence-corrected chi connectivity index (χ1v) is 6.61. The molecule has 92 valence electrons. The Morgan fingerprint density at radius 2 is 2.00 bits per heavy atom. The van der Waals surface area contributed by atoms with Crippen molar-refractivity contribution in [2.24, 2.45) is 0 Å². The second kappa shape index (κ2) is 5.35. The van der Waals surface area contributed by atoms with Gasteiger partial charge in [0.1, 0.15) is 0 Å². The smallest absolute Gasteiger partial charge is 0.220 e. The van der Waals surface area contributed by atoms with E-state index in [-0.39, 0.29) is 11.9 Å². The summed E-state index contributed by atoms with van der Waals surface area (Å²) < 4.78 is 0. The number of aryl methyl sites for hydroxylation is 2. The van der Waals surface area contributed by atoms with Crippen LogP contribution in [0.3, 0.4) is 0 Å². The molecule has 0 saturated carbocycles. The summed E-state index contributed by atoms with van der Waals surface area (Å²) in [6, 6.07) is 6.79. The summed E-state index contributed by atoms with van der Waals surface area (Å²) in [5, 5.41) is 3.01. The van der Waals surface area contributed by atoms with E-state index in [0.29, 0.717) is 6.42 Å². The highest BCUT2D eigenvalue weighted by molar-refractivity contribution is 5.76. The molecule has 1 amide bonds. The molecule has 2 heteroatoms. The Morgan fingerprint density at radius 1 is 1.29 bits per heavy atom. The predicted octanol–water partition coefficient (Wildman–Crippen LogP) is 3.15. The Morgan fingerprint density at radius 3 is 2.71 bits per heavy atom. The third kappa shape index (κ3) is 2.87. The summed E-state index contributed by atoms with van der Waals surface area (Å²) >= 11 is 0. The zero-order valence-corrected chi connectivity index (χ0v) is 10.8. The first-order chi connectivity index (χ1) is 8.20. The molecule has 2 rings (SSSR count). The molecular formula is C15H21NO. The lowest BCUT2D eigenvalue weighted by molar-refractivity contribution is -0.121. The van der Waals surface area contributed by atoms with Crippen molar-refractivity contribution in [1.82, 2.24) is 5.32 Å². The predicted molar refractivity (Wildman–Crippen MR) is 69.9 cm³/mol. The van der Waals surface area contributed by atoms with Crippen LogP contribution in [0.4, 0.5) is 0 Å². The Labute approximate surface area is 103 Å². The Kier molecular flexibility index (Phi) is 3.82. The van der Waals surface area contributed by atoms with Gasteiger partial charge >= 0.3 is 0 Å². The van der Waals surface area contributed by atoms with Crippen LogP contribution in [0.15, 0.2) is 18.2 Å². The standard InChI is InChI=1S/C15H21NO/c1-3-15(17)16-11(2)13-9-8-12-6-4-5-7-14(12)10-13/h8-11H,3-7H2,1-2H3,(H,16,17)/t11-/m1/s1. The minimum Gasteiger partial charge on any atom is -0.350 e. The van der Waals surface area contributed by atoms with Gasteiger partial charge in [-0.1, -0.05) is 25.1 Å². The summed E-state index contributed by atoms with van der Waals surface area (Å²) in [6.07, 6.45) is 5.57. The fourth-order valence-electron chi connectivity index (χ4n) is 2.45. The van der Waals surface area contributed by atoms with Crippen molar-refractivity contribution in [1.29, 1.82) is 0 Å². The first-order valence-electron chi connectivity index (χ1n) is 6.61. The molecule has 17 heavy (non-hydrogen) atoms. The molecule has 2 nitrogen and oxygen atoms in total. The molecule has 0 fully saturated rings. The van der Waals surface area contributed by atoms with Crippen LogP contribution >= 0.6 is 0 Å². The molecule has 0 aromatic heterocycles. The van der Waals surface area contributed by atoms with Crippen LogP contribution in [-0.2, 0) is 17.6 Å². The molecule has 1 aliphatic rings. The summed E-state index contributed by atoms with van der Waals surface area (Å²) in [4.78, 5) is 11.4. The maximum absolute atomic E-state index is 11.4. The highest BCUT2D eigenvalue weighted by atomic mass is 16.1. The fraction of sp³-hybridized carbons (Fsp3) is 0.533. The van der Waals surface area contributed by atoms with Crippen molar-refractivity contribution in [2.45, 2.75) is 52.0 Å². The van der Waals surface area contributed by atoms with E-state index in [9.17, 15) is 4.79 Å². The van der Waals surface area contributed by atoms with Gasteiger partial charge in [0.2, 0.25) is 5.91 Å². The van der Waals surface area contributed by atoms with Gasteiger partial charge in [0.25, 0.3) is 0 Å². The van der Waals surface area contributed by atoms with Crippen molar-refractivity contribution >= 4 is 5.91 Å². The van der Waals surface area contributed by atoms with Crippen molar-refractivity contribution in [2.75, 3.05) is 0 Å². The quantitative estimate of drug-likeness (QED) is 0.850. The number of carbonyl (C=O) groups is 1. The maximum atomic E-state index is 11.4. The van der Waals surface area contributed by atoms with Crippen LogP contribution in [0.25, 0.3) is 0 Å². The molecule has 0 saturated heterocycles. The maximum Gasteiger partial charge on any atom is 0.220 e. The van der Waals surface area contributed by atoms with E-state index in [0.717, 1.165) is 0 Å².